The van der Waals surface area contributed by atoms with E-state index >= 15 is 0 Å². The molecular formula is C20H17N3S2. The fraction of sp³-hybridized carbons (Fsp3) is 0.100. The summed E-state index contributed by atoms with van der Waals surface area (Å²) in [6.45, 7) is 2.15. The van der Waals surface area contributed by atoms with Gasteiger partial charge in [-0.15, -0.1) is 21.5 Å². The van der Waals surface area contributed by atoms with Gasteiger partial charge in [-0.05, 0) is 41.6 Å². The largest absolute Gasteiger partial charge is 0.269 e. The van der Waals surface area contributed by atoms with E-state index in [0.717, 1.165) is 27.3 Å². The molecule has 2 aromatic carbocycles. The second-order valence-corrected chi connectivity index (χ2v) is 7.56. The Morgan fingerprint density at radius 2 is 1.72 bits per heavy atom. The Labute approximate surface area is 155 Å². The minimum atomic E-state index is 0.877. The maximum absolute atomic E-state index is 4.48. The lowest BCUT2D eigenvalue weighted by Crippen LogP contribution is -1.99. The normalized spacial score (nSPS) is 10.9. The first kappa shape index (κ1) is 16.1. The predicted octanol–water partition coefficient (Wildman–Crippen LogP) is 5.60. The Hall–Kier alpha value is -2.37. The van der Waals surface area contributed by atoms with E-state index in [9.17, 15) is 0 Å². The number of thioether (sulfide) groups is 1. The molecule has 0 amide bonds. The smallest absolute Gasteiger partial charge is 0.196 e. The Morgan fingerprint density at radius 3 is 2.48 bits per heavy atom. The summed E-state index contributed by atoms with van der Waals surface area (Å²) in [5.74, 6) is 1.77. The summed E-state index contributed by atoms with van der Waals surface area (Å²) < 4.78 is 2.15. The van der Waals surface area contributed by atoms with Crippen LogP contribution in [-0.2, 0) is 5.75 Å². The van der Waals surface area contributed by atoms with Crippen LogP contribution in [0.4, 0.5) is 0 Å². The molecule has 4 aromatic rings. The van der Waals surface area contributed by atoms with Gasteiger partial charge in [0.2, 0.25) is 0 Å². The Balaban J connectivity index is 1.72. The van der Waals surface area contributed by atoms with Gasteiger partial charge < -0.3 is 0 Å². The molecule has 0 N–H and O–H groups in total. The lowest BCUT2D eigenvalue weighted by Gasteiger charge is -2.10. The average Bonchev–Trinajstić information content (AvgIpc) is 3.31. The molecule has 3 nitrogen and oxygen atoms in total. The number of para-hydroxylation sites is 1. The van der Waals surface area contributed by atoms with Crippen LogP contribution >= 0.6 is 23.1 Å². The minimum Gasteiger partial charge on any atom is -0.269 e. The van der Waals surface area contributed by atoms with E-state index in [2.05, 4.69) is 69.5 Å². The highest BCUT2D eigenvalue weighted by Gasteiger charge is 2.16. The molecule has 0 radical (unpaired) electrons. The number of thiophene rings is 1. The van der Waals surface area contributed by atoms with Gasteiger partial charge in [-0.3, -0.25) is 4.57 Å². The van der Waals surface area contributed by atoms with E-state index in [-0.39, 0.29) is 0 Å². The Bertz CT molecular complexity index is 960. The third-order valence-corrected chi connectivity index (χ3v) is 5.85. The minimum absolute atomic E-state index is 0.877. The van der Waals surface area contributed by atoms with Gasteiger partial charge in [0, 0.05) is 11.4 Å². The number of aromatic nitrogens is 3. The fourth-order valence-electron chi connectivity index (χ4n) is 2.65. The van der Waals surface area contributed by atoms with E-state index in [1.807, 2.05) is 24.3 Å². The average molecular weight is 364 g/mol. The molecule has 0 aliphatic heterocycles. The van der Waals surface area contributed by atoms with Gasteiger partial charge in [0.15, 0.2) is 11.0 Å². The zero-order valence-corrected chi connectivity index (χ0v) is 15.4. The molecule has 124 valence electrons. The highest BCUT2D eigenvalue weighted by Crippen LogP contribution is 2.31. The van der Waals surface area contributed by atoms with Gasteiger partial charge in [-0.2, -0.15) is 0 Å². The van der Waals surface area contributed by atoms with Gasteiger partial charge in [0.1, 0.15) is 0 Å². The number of hydrogen-bond acceptors (Lipinski definition) is 4. The van der Waals surface area contributed by atoms with Gasteiger partial charge in [-0.25, -0.2) is 0 Å². The van der Waals surface area contributed by atoms with Crippen molar-refractivity contribution in [1.29, 1.82) is 0 Å². The summed E-state index contributed by atoms with van der Waals surface area (Å²) in [6.07, 6.45) is 0. The van der Waals surface area contributed by atoms with Crippen LogP contribution in [0.2, 0.25) is 0 Å². The maximum Gasteiger partial charge on any atom is 0.196 e. The molecule has 0 atom stereocenters. The summed E-state index contributed by atoms with van der Waals surface area (Å²) in [7, 11) is 0. The standard InChI is InChI=1S/C20H17N3S2/c1-15-8-5-6-9-16(15)14-25-20-22-21-19(18-12-7-13-24-18)23(20)17-10-3-2-4-11-17/h2-13H,14H2,1H3. The van der Waals surface area contributed by atoms with Gasteiger partial charge in [0.05, 0.1) is 4.88 Å². The summed E-state index contributed by atoms with van der Waals surface area (Å²) >= 11 is 3.40. The number of aryl methyl sites for hydroxylation is 1. The van der Waals surface area contributed by atoms with E-state index in [0.29, 0.717) is 0 Å². The molecule has 25 heavy (non-hydrogen) atoms. The number of hydrogen-bond donors (Lipinski definition) is 0. The van der Waals surface area contributed by atoms with Gasteiger partial charge in [-0.1, -0.05) is 60.3 Å². The van der Waals surface area contributed by atoms with Crippen molar-refractivity contribution in [3.63, 3.8) is 0 Å². The topological polar surface area (TPSA) is 30.7 Å². The van der Waals surface area contributed by atoms with Crippen molar-refractivity contribution < 1.29 is 0 Å². The third-order valence-electron chi connectivity index (χ3n) is 4.01. The third kappa shape index (κ3) is 3.38. The zero-order valence-electron chi connectivity index (χ0n) is 13.8. The summed E-state index contributed by atoms with van der Waals surface area (Å²) in [5.41, 5.74) is 3.72. The van der Waals surface area contributed by atoms with E-state index in [4.69, 9.17) is 0 Å². The van der Waals surface area contributed by atoms with Crippen LogP contribution in [0, 0.1) is 6.92 Å². The van der Waals surface area contributed by atoms with Crippen LogP contribution in [0.5, 0.6) is 0 Å². The molecule has 2 aromatic heterocycles. The molecule has 4 rings (SSSR count). The molecule has 0 saturated heterocycles. The first-order valence-corrected chi connectivity index (χ1v) is 9.91. The van der Waals surface area contributed by atoms with Gasteiger partial charge in [0.25, 0.3) is 0 Å². The van der Waals surface area contributed by atoms with Crippen molar-refractivity contribution >= 4 is 23.1 Å². The quantitative estimate of drug-likeness (QED) is 0.433. The highest BCUT2D eigenvalue weighted by atomic mass is 32.2. The monoisotopic (exact) mass is 363 g/mol. The molecule has 0 saturated carbocycles. The lowest BCUT2D eigenvalue weighted by atomic mass is 10.1. The Kier molecular flexibility index (Phi) is 4.68. The van der Waals surface area contributed by atoms with Crippen LogP contribution in [0.1, 0.15) is 11.1 Å². The van der Waals surface area contributed by atoms with E-state index in [1.54, 1.807) is 23.1 Å². The summed E-state index contributed by atoms with van der Waals surface area (Å²) in [4.78, 5) is 1.12. The number of benzene rings is 2. The van der Waals surface area contributed by atoms with Crippen LogP contribution in [0.3, 0.4) is 0 Å². The number of nitrogens with zero attached hydrogens (tertiary/aromatic N) is 3. The molecule has 0 spiro atoms. The second kappa shape index (κ2) is 7.25. The van der Waals surface area contributed by atoms with Crippen molar-refractivity contribution in [2.75, 3.05) is 0 Å². The lowest BCUT2D eigenvalue weighted by molar-refractivity contribution is 0.886. The van der Waals surface area contributed by atoms with Gasteiger partial charge >= 0.3 is 0 Å². The van der Waals surface area contributed by atoms with Crippen molar-refractivity contribution in [2.45, 2.75) is 17.8 Å². The van der Waals surface area contributed by atoms with Crippen molar-refractivity contribution in [2.24, 2.45) is 0 Å². The summed E-state index contributed by atoms with van der Waals surface area (Å²) in [6, 6.07) is 22.9. The SMILES string of the molecule is Cc1ccccc1CSc1nnc(-c2cccs2)n1-c1ccccc1. The second-order valence-electron chi connectivity index (χ2n) is 5.67. The van der Waals surface area contributed by atoms with Crippen LogP contribution in [-0.4, -0.2) is 14.8 Å². The molecule has 0 fully saturated rings. The first-order chi connectivity index (χ1) is 12.3. The Morgan fingerprint density at radius 1 is 0.920 bits per heavy atom. The number of rotatable bonds is 5. The van der Waals surface area contributed by atoms with Crippen LogP contribution in [0.15, 0.2) is 77.3 Å². The van der Waals surface area contributed by atoms with Crippen molar-refractivity contribution in [1.82, 2.24) is 14.8 Å². The molecular weight excluding hydrogens is 346 g/mol. The molecule has 2 heterocycles. The van der Waals surface area contributed by atoms with Crippen LogP contribution in [0.25, 0.3) is 16.4 Å². The molecule has 0 unspecified atom stereocenters. The molecule has 0 aliphatic rings. The van der Waals surface area contributed by atoms with E-state index in [1.165, 1.54) is 11.1 Å². The predicted molar refractivity (Wildman–Crippen MR) is 105 cm³/mol. The summed E-state index contributed by atoms with van der Waals surface area (Å²) in [5, 5.41) is 11.9. The first-order valence-electron chi connectivity index (χ1n) is 8.05. The molecule has 0 bridgehead atoms. The maximum atomic E-state index is 4.48. The highest BCUT2D eigenvalue weighted by molar-refractivity contribution is 7.98. The van der Waals surface area contributed by atoms with Crippen molar-refractivity contribution in [3.05, 3.63) is 83.2 Å². The molecule has 0 aliphatic carbocycles. The molecule has 5 heteroatoms. The zero-order chi connectivity index (χ0) is 17.1. The van der Waals surface area contributed by atoms with Crippen molar-refractivity contribution in [3.8, 4) is 16.4 Å². The fourth-order valence-corrected chi connectivity index (χ4v) is 4.38. The van der Waals surface area contributed by atoms with E-state index < -0.39 is 0 Å². The van der Waals surface area contributed by atoms with Crippen LogP contribution < -0.4 is 0 Å².